The molecule has 1 amide bonds. The largest absolute Gasteiger partial charge is 0.411 e. The highest BCUT2D eigenvalue weighted by Gasteiger charge is 2.27. The maximum atomic E-state index is 13.8. The van der Waals surface area contributed by atoms with Crippen LogP contribution in [0.2, 0.25) is 0 Å². The molecular formula is C23H20F4N2O4S. The van der Waals surface area contributed by atoms with Crippen molar-refractivity contribution in [1.82, 2.24) is 5.32 Å². The summed E-state index contributed by atoms with van der Waals surface area (Å²) in [5.41, 5.74) is 1.08. The zero-order valence-corrected chi connectivity index (χ0v) is 18.4. The Bertz CT molecular complexity index is 1250. The van der Waals surface area contributed by atoms with Crippen LogP contribution in [0.5, 0.6) is 0 Å². The standard InChI is InChI=1S/C23H20F4N2O4S/c24-20-6-1-2-7-21(20)29-34(31,32)19-5-3-4-18(12-19)22(30)28-13-16-8-10-17(11-9-16)14-33-15-23(25,26)27/h1-12,29H,13-15H2,(H,28,30). The highest BCUT2D eigenvalue weighted by molar-refractivity contribution is 7.92. The summed E-state index contributed by atoms with van der Waals surface area (Å²) in [5.74, 6) is -1.28. The minimum absolute atomic E-state index is 0.0774. The predicted molar refractivity (Wildman–Crippen MR) is 117 cm³/mol. The fraction of sp³-hybridized carbons (Fsp3) is 0.174. The van der Waals surface area contributed by atoms with Crippen LogP contribution in [-0.2, 0) is 27.9 Å². The van der Waals surface area contributed by atoms with Crippen LogP contribution >= 0.6 is 0 Å². The number of halogens is 4. The second-order valence-corrected chi connectivity index (χ2v) is 8.90. The lowest BCUT2D eigenvalue weighted by atomic mass is 10.1. The number of para-hydroxylation sites is 1. The van der Waals surface area contributed by atoms with Gasteiger partial charge in [-0.1, -0.05) is 42.5 Å². The fourth-order valence-electron chi connectivity index (χ4n) is 2.87. The lowest BCUT2D eigenvalue weighted by Gasteiger charge is -2.11. The van der Waals surface area contributed by atoms with E-state index in [1.54, 1.807) is 24.3 Å². The molecule has 6 nitrogen and oxygen atoms in total. The summed E-state index contributed by atoms with van der Waals surface area (Å²) in [5, 5.41) is 2.64. The molecule has 0 aliphatic carbocycles. The zero-order valence-electron chi connectivity index (χ0n) is 17.6. The molecule has 0 aromatic heterocycles. The minimum Gasteiger partial charge on any atom is -0.367 e. The SMILES string of the molecule is O=C(NCc1ccc(COCC(F)(F)F)cc1)c1cccc(S(=O)(=O)Nc2ccccc2F)c1. The monoisotopic (exact) mass is 496 g/mol. The number of amides is 1. The van der Waals surface area contributed by atoms with Gasteiger partial charge < -0.3 is 10.1 Å². The van der Waals surface area contributed by atoms with Crippen molar-refractivity contribution in [2.24, 2.45) is 0 Å². The molecule has 11 heteroatoms. The van der Waals surface area contributed by atoms with Crippen LogP contribution in [0.4, 0.5) is 23.2 Å². The zero-order chi connectivity index (χ0) is 24.8. The molecule has 3 rings (SSSR count). The normalized spacial score (nSPS) is 11.8. The average molecular weight is 496 g/mol. The molecule has 180 valence electrons. The van der Waals surface area contributed by atoms with E-state index in [2.05, 4.69) is 14.8 Å². The highest BCUT2D eigenvalue weighted by Crippen LogP contribution is 2.20. The van der Waals surface area contributed by atoms with Gasteiger partial charge in [0.2, 0.25) is 0 Å². The molecule has 0 atom stereocenters. The number of ether oxygens (including phenoxy) is 1. The van der Waals surface area contributed by atoms with Gasteiger partial charge in [-0.05, 0) is 41.5 Å². The number of carbonyl (C=O) groups excluding carboxylic acids is 1. The molecule has 0 bridgehead atoms. The van der Waals surface area contributed by atoms with Crippen molar-refractivity contribution in [3.8, 4) is 0 Å². The van der Waals surface area contributed by atoms with E-state index >= 15 is 0 Å². The number of rotatable bonds is 9. The van der Waals surface area contributed by atoms with Crippen molar-refractivity contribution >= 4 is 21.6 Å². The maximum Gasteiger partial charge on any atom is 0.411 e. The highest BCUT2D eigenvalue weighted by atomic mass is 32.2. The smallest absolute Gasteiger partial charge is 0.367 e. The minimum atomic E-state index is -4.39. The average Bonchev–Trinajstić information content (AvgIpc) is 2.79. The van der Waals surface area contributed by atoms with Gasteiger partial charge >= 0.3 is 6.18 Å². The predicted octanol–water partition coefficient (Wildman–Crippen LogP) is 4.64. The Labute approximate surface area is 193 Å². The number of alkyl halides is 3. The Kier molecular flexibility index (Phi) is 7.90. The molecular weight excluding hydrogens is 476 g/mol. The van der Waals surface area contributed by atoms with Crippen molar-refractivity contribution in [3.63, 3.8) is 0 Å². The fourth-order valence-corrected chi connectivity index (χ4v) is 3.99. The number of anilines is 1. The molecule has 0 saturated carbocycles. The van der Waals surface area contributed by atoms with Crippen molar-refractivity contribution in [2.75, 3.05) is 11.3 Å². The van der Waals surface area contributed by atoms with Crippen molar-refractivity contribution in [1.29, 1.82) is 0 Å². The van der Waals surface area contributed by atoms with Gasteiger partial charge in [0.15, 0.2) is 0 Å². The van der Waals surface area contributed by atoms with Crippen LogP contribution in [0.25, 0.3) is 0 Å². The second-order valence-electron chi connectivity index (χ2n) is 7.22. The number of nitrogens with one attached hydrogen (secondary N) is 2. The summed E-state index contributed by atoms with van der Waals surface area (Å²) < 4.78 is 82.1. The van der Waals surface area contributed by atoms with Gasteiger partial charge in [0.25, 0.3) is 15.9 Å². The summed E-state index contributed by atoms with van der Waals surface area (Å²) in [6.07, 6.45) is -4.39. The van der Waals surface area contributed by atoms with E-state index < -0.39 is 34.5 Å². The molecule has 0 spiro atoms. The van der Waals surface area contributed by atoms with Crippen molar-refractivity contribution in [3.05, 3.63) is 95.3 Å². The number of hydrogen-bond acceptors (Lipinski definition) is 4. The number of benzene rings is 3. The molecule has 0 heterocycles. The van der Waals surface area contributed by atoms with E-state index in [1.165, 1.54) is 42.5 Å². The Morgan fingerprint density at radius 2 is 1.59 bits per heavy atom. The Balaban J connectivity index is 1.59. The molecule has 2 N–H and O–H groups in total. The van der Waals surface area contributed by atoms with Gasteiger partial charge in [0, 0.05) is 12.1 Å². The van der Waals surface area contributed by atoms with E-state index in [9.17, 15) is 30.8 Å². The van der Waals surface area contributed by atoms with E-state index in [0.717, 1.165) is 6.07 Å². The Morgan fingerprint density at radius 1 is 0.912 bits per heavy atom. The summed E-state index contributed by atoms with van der Waals surface area (Å²) >= 11 is 0. The van der Waals surface area contributed by atoms with Gasteiger partial charge in [0.05, 0.1) is 17.2 Å². The number of hydrogen-bond donors (Lipinski definition) is 2. The van der Waals surface area contributed by atoms with Crippen LogP contribution < -0.4 is 10.0 Å². The van der Waals surface area contributed by atoms with Gasteiger partial charge in [-0.25, -0.2) is 12.8 Å². The first kappa shape index (κ1) is 25.2. The van der Waals surface area contributed by atoms with Gasteiger partial charge in [-0.2, -0.15) is 13.2 Å². The van der Waals surface area contributed by atoms with Crippen LogP contribution in [0.15, 0.2) is 77.7 Å². The third-order valence-electron chi connectivity index (χ3n) is 4.54. The van der Waals surface area contributed by atoms with Crippen LogP contribution in [0.3, 0.4) is 0 Å². The van der Waals surface area contributed by atoms with E-state index in [-0.39, 0.29) is 29.3 Å². The number of sulfonamides is 1. The van der Waals surface area contributed by atoms with Crippen molar-refractivity contribution < 1.29 is 35.5 Å². The Hall–Kier alpha value is -3.44. The van der Waals surface area contributed by atoms with Crippen molar-refractivity contribution in [2.45, 2.75) is 24.2 Å². The molecule has 34 heavy (non-hydrogen) atoms. The molecule has 0 saturated heterocycles. The maximum absolute atomic E-state index is 13.8. The first-order valence-corrected chi connectivity index (χ1v) is 11.4. The molecule has 0 radical (unpaired) electrons. The first-order chi connectivity index (χ1) is 16.0. The van der Waals surface area contributed by atoms with E-state index in [4.69, 9.17) is 0 Å². The molecule has 3 aromatic carbocycles. The summed E-state index contributed by atoms with van der Waals surface area (Å²) in [7, 11) is -4.13. The van der Waals surface area contributed by atoms with Crippen LogP contribution in [0.1, 0.15) is 21.5 Å². The third kappa shape index (κ3) is 7.29. The molecule has 0 aliphatic rings. The third-order valence-corrected chi connectivity index (χ3v) is 5.90. The van der Waals surface area contributed by atoms with E-state index in [1.807, 2.05) is 0 Å². The molecule has 3 aromatic rings. The topological polar surface area (TPSA) is 84.5 Å². The first-order valence-electron chi connectivity index (χ1n) is 9.91. The van der Waals surface area contributed by atoms with Gasteiger partial charge in [0.1, 0.15) is 12.4 Å². The number of carbonyl (C=O) groups is 1. The molecule has 0 aliphatic heterocycles. The van der Waals surface area contributed by atoms with Gasteiger partial charge in [-0.15, -0.1) is 0 Å². The lowest BCUT2D eigenvalue weighted by molar-refractivity contribution is -0.176. The lowest BCUT2D eigenvalue weighted by Crippen LogP contribution is -2.23. The quantitative estimate of drug-likeness (QED) is 0.423. The summed E-state index contributed by atoms with van der Waals surface area (Å²) in [6.45, 7) is -1.43. The summed E-state index contributed by atoms with van der Waals surface area (Å²) in [4.78, 5) is 12.3. The van der Waals surface area contributed by atoms with Crippen LogP contribution in [-0.4, -0.2) is 27.1 Å². The molecule has 0 fully saturated rings. The van der Waals surface area contributed by atoms with Gasteiger partial charge in [-0.3, -0.25) is 9.52 Å². The van der Waals surface area contributed by atoms with Crippen LogP contribution in [0, 0.1) is 5.82 Å². The second kappa shape index (κ2) is 10.7. The summed E-state index contributed by atoms with van der Waals surface area (Å²) in [6, 6.07) is 17.0. The van der Waals surface area contributed by atoms with E-state index in [0.29, 0.717) is 11.1 Å². The molecule has 0 unspecified atom stereocenters. The Morgan fingerprint density at radius 3 is 2.26 bits per heavy atom.